The standard InChI is InChI=1S/C18H14ClNO4/c1-2-23-13-6-3-11(4-7-13)16(21)10-15-18(22)24-17-8-5-12(19)9-14(17)20-15/h3-10,21H,2H2,1H3/b16-10-. The normalized spacial score (nSPS) is 11.7. The van der Waals surface area contributed by atoms with E-state index in [-0.39, 0.29) is 11.5 Å². The number of hydrogen-bond acceptors (Lipinski definition) is 5. The predicted octanol–water partition coefficient (Wildman–Crippen LogP) is 4.30. The van der Waals surface area contributed by atoms with Gasteiger partial charge in [0, 0.05) is 16.7 Å². The van der Waals surface area contributed by atoms with E-state index in [1.165, 1.54) is 6.08 Å². The van der Waals surface area contributed by atoms with Crippen LogP contribution in [0.5, 0.6) is 5.75 Å². The van der Waals surface area contributed by atoms with Gasteiger partial charge in [-0.15, -0.1) is 0 Å². The van der Waals surface area contributed by atoms with Crippen molar-refractivity contribution in [1.29, 1.82) is 0 Å². The fraction of sp³-hybridized carbons (Fsp3) is 0.111. The second kappa shape index (κ2) is 6.76. The average molecular weight is 344 g/mol. The SMILES string of the molecule is CCOc1ccc(/C(O)=C/c2nc3cc(Cl)ccc3oc2=O)cc1. The first kappa shape index (κ1) is 16.1. The minimum Gasteiger partial charge on any atom is -0.507 e. The average Bonchev–Trinajstić information content (AvgIpc) is 2.57. The molecule has 0 saturated heterocycles. The fourth-order valence-corrected chi connectivity index (χ4v) is 2.35. The molecule has 1 heterocycles. The number of nitrogens with zero attached hydrogens (tertiary/aromatic N) is 1. The molecular weight excluding hydrogens is 330 g/mol. The number of benzene rings is 2. The van der Waals surface area contributed by atoms with Crippen molar-refractivity contribution in [2.24, 2.45) is 0 Å². The van der Waals surface area contributed by atoms with E-state index < -0.39 is 5.63 Å². The highest BCUT2D eigenvalue weighted by molar-refractivity contribution is 6.31. The van der Waals surface area contributed by atoms with E-state index in [4.69, 9.17) is 20.8 Å². The summed E-state index contributed by atoms with van der Waals surface area (Å²) in [6, 6.07) is 11.6. The molecule has 5 nitrogen and oxygen atoms in total. The quantitative estimate of drug-likeness (QED) is 0.715. The van der Waals surface area contributed by atoms with Crippen molar-refractivity contribution in [3.05, 3.63) is 69.2 Å². The van der Waals surface area contributed by atoms with Crippen LogP contribution in [-0.2, 0) is 0 Å². The first-order valence-corrected chi connectivity index (χ1v) is 7.69. The second-order valence-corrected chi connectivity index (χ2v) is 5.42. The highest BCUT2D eigenvalue weighted by atomic mass is 35.5. The van der Waals surface area contributed by atoms with Gasteiger partial charge in [0.25, 0.3) is 0 Å². The third kappa shape index (κ3) is 3.41. The molecule has 0 radical (unpaired) electrons. The molecule has 24 heavy (non-hydrogen) atoms. The highest BCUT2D eigenvalue weighted by Crippen LogP contribution is 2.20. The third-order valence-corrected chi connectivity index (χ3v) is 3.54. The van der Waals surface area contributed by atoms with Crippen molar-refractivity contribution in [3.63, 3.8) is 0 Å². The van der Waals surface area contributed by atoms with Crippen LogP contribution in [0.2, 0.25) is 5.02 Å². The Balaban J connectivity index is 1.98. The summed E-state index contributed by atoms with van der Waals surface area (Å²) in [4.78, 5) is 16.2. The molecule has 0 bridgehead atoms. The van der Waals surface area contributed by atoms with Gasteiger partial charge >= 0.3 is 5.63 Å². The Morgan fingerprint density at radius 3 is 2.75 bits per heavy atom. The maximum absolute atomic E-state index is 12.0. The van der Waals surface area contributed by atoms with Crippen LogP contribution in [0.25, 0.3) is 22.9 Å². The second-order valence-electron chi connectivity index (χ2n) is 4.99. The molecule has 0 aliphatic heterocycles. The van der Waals surface area contributed by atoms with E-state index in [0.29, 0.717) is 34.0 Å². The molecule has 6 heteroatoms. The molecule has 122 valence electrons. The van der Waals surface area contributed by atoms with Crippen molar-refractivity contribution in [3.8, 4) is 5.75 Å². The zero-order valence-electron chi connectivity index (χ0n) is 12.8. The van der Waals surface area contributed by atoms with Crippen LogP contribution in [0.4, 0.5) is 0 Å². The molecule has 1 aromatic heterocycles. The number of fused-ring (bicyclic) bond motifs is 1. The first-order chi connectivity index (χ1) is 11.6. The lowest BCUT2D eigenvalue weighted by Gasteiger charge is -2.04. The van der Waals surface area contributed by atoms with Crippen molar-refractivity contribution in [2.75, 3.05) is 6.61 Å². The number of aliphatic hydroxyl groups is 1. The molecule has 0 atom stereocenters. The molecule has 3 aromatic rings. The summed E-state index contributed by atoms with van der Waals surface area (Å²) in [5, 5.41) is 10.7. The fourth-order valence-electron chi connectivity index (χ4n) is 2.18. The molecule has 0 saturated carbocycles. The minimum absolute atomic E-state index is 0.00356. The maximum Gasteiger partial charge on any atom is 0.362 e. The number of aliphatic hydroxyl groups excluding tert-OH is 1. The lowest BCUT2D eigenvalue weighted by Crippen LogP contribution is -2.06. The van der Waals surface area contributed by atoms with Gasteiger partial charge < -0.3 is 14.3 Å². The van der Waals surface area contributed by atoms with E-state index in [1.54, 1.807) is 42.5 Å². The lowest BCUT2D eigenvalue weighted by atomic mass is 10.1. The van der Waals surface area contributed by atoms with Gasteiger partial charge in [0.05, 0.1) is 6.61 Å². The Hall–Kier alpha value is -2.79. The summed E-state index contributed by atoms with van der Waals surface area (Å²) in [5.74, 6) is 0.603. The number of rotatable bonds is 4. The summed E-state index contributed by atoms with van der Waals surface area (Å²) in [6.45, 7) is 2.45. The Kier molecular flexibility index (Phi) is 4.53. The van der Waals surface area contributed by atoms with Gasteiger partial charge in [0.1, 0.15) is 17.0 Å². The van der Waals surface area contributed by atoms with Crippen LogP contribution in [0.1, 0.15) is 18.2 Å². The number of aromatic nitrogens is 1. The van der Waals surface area contributed by atoms with E-state index in [2.05, 4.69) is 4.98 Å². The summed E-state index contributed by atoms with van der Waals surface area (Å²) < 4.78 is 10.5. The van der Waals surface area contributed by atoms with E-state index >= 15 is 0 Å². The summed E-state index contributed by atoms with van der Waals surface area (Å²) in [6.07, 6.45) is 1.27. The van der Waals surface area contributed by atoms with Gasteiger partial charge in [0.15, 0.2) is 11.3 Å². The molecule has 0 aliphatic rings. The molecule has 2 aromatic carbocycles. The van der Waals surface area contributed by atoms with Crippen LogP contribution in [-0.4, -0.2) is 16.7 Å². The number of halogens is 1. The molecule has 0 spiro atoms. The van der Waals surface area contributed by atoms with Crippen molar-refractivity contribution >= 4 is 34.5 Å². The van der Waals surface area contributed by atoms with Crippen LogP contribution in [0.3, 0.4) is 0 Å². The molecule has 1 N–H and O–H groups in total. The Labute approximate surface area is 142 Å². The molecular formula is C18H14ClNO4. The zero-order valence-corrected chi connectivity index (χ0v) is 13.6. The molecule has 0 amide bonds. The van der Waals surface area contributed by atoms with Crippen molar-refractivity contribution < 1.29 is 14.3 Å². The zero-order chi connectivity index (χ0) is 17.1. The summed E-state index contributed by atoms with van der Waals surface area (Å²) in [7, 11) is 0. The smallest absolute Gasteiger partial charge is 0.362 e. The van der Waals surface area contributed by atoms with Gasteiger partial charge in [0.2, 0.25) is 0 Å². The van der Waals surface area contributed by atoms with E-state index in [9.17, 15) is 9.90 Å². The van der Waals surface area contributed by atoms with Crippen LogP contribution in [0.15, 0.2) is 51.7 Å². The molecule has 0 aliphatic carbocycles. The van der Waals surface area contributed by atoms with Gasteiger partial charge in [-0.05, 0) is 49.4 Å². The topological polar surface area (TPSA) is 72.6 Å². The molecule has 0 unspecified atom stereocenters. The Bertz CT molecular complexity index is 961. The number of ether oxygens (including phenoxy) is 1. The van der Waals surface area contributed by atoms with Crippen LogP contribution >= 0.6 is 11.6 Å². The Morgan fingerprint density at radius 1 is 1.29 bits per heavy atom. The summed E-state index contributed by atoms with van der Waals surface area (Å²) >= 11 is 5.92. The highest BCUT2D eigenvalue weighted by Gasteiger charge is 2.08. The van der Waals surface area contributed by atoms with Crippen LogP contribution < -0.4 is 10.4 Å². The molecule has 3 rings (SSSR count). The monoisotopic (exact) mass is 343 g/mol. The first-order valence-electron chi connectivity index (χ1n) is 7.31. The minimum atomic E-state index is -0.637. The van der Waals surface area contributed by atoms with E-state index in [1.807, 2.05) is 6.92 Å². The maximum atomic E-state index is 12.0. The van der Waals surface area contributed by atoms with Gasteiger partial charge in [-0.3, -0.25) is 0 Å². The predicted molar refractivity (Wildman–Crippen MR) is 93.4 cm³/mol. The third-order valence-electron chi connectivity index (χ3n) is 3.31. The number of hydrogen-bond donors (Lipinski definition) is 1. The van der Waals surface area contributed by atoms with Crippen molar-refractivity contribution in [2.45, 2.75) is 6.92 Å². The molecule has 0 fully saturated rings. The van der Waals surface area contributed by atoms with Crippen LogP contribution in [0, 0.1) is 0 Å². The van der Waals surface area contributed by atoms with Gasteiger partial charge in [-0.2, -0.15) is 0 Å². The van der Waals surface area contributed by atoms with E-state index in [0.717, 1.165) is 0 Å². The largest absolute Gasteiger partial charge is 0.507 e. The van der Waals surface area contributed by atoms with Gasteiger partial charge in [-0.1, -0.05) is 11.6 Å². The van der Waals surface area contributed by atoms with Crippen molar-refractivity contribution in [1.82, 2.24) is 4.98 Å². The Morgan fingerprint density at radius 2 is 2.04 bits per heavy atom. The van der Waals surface area contributed by atoms with Gasteiger partial charge in [-0.25, -0.2) is 9.78 Å². The summed E-state index contributed by atoms with van der Waals surface area (Å²) in [5.41, 5.74) is 0.666. The lowest BCUT2D eigenvalue weighted by molar-refractivity contribution is 0.340.